The third-order valence-corrected chi connectivity index (χ3v) is 4.10. The van der Waals surface area contributed by atoms with Gasteiger partial charge in [0, 0.05) is 12.7 Å². The number of anilines is 3. The number of nitrogen functional groups attached to an aromatic ring is 1. The largest absolute Gasteiger partial charge is 0.383 e. The lowest BCUT2D eigenvalue weighted by molar-refractivity contribution is 0.285. The number of nitrogens with zero attached hydrogens (tertiary/aromatic N) is 6. The second-order valence-corrected chi connectivity index (χ2v) is 5.69. The summed E-state index contributed by atoms with van der Waals surface area (Å²) in [6.45, 7) is 8.14. The van der Waals surface area contributed by atoms with Gasteiger partial charge >= 0.3 is 0 Å². The summed E-state index contributed by atoms with van der Waals surface area (Å²) in [6, 6.07) is 0. The summed E-state index contributed by atoms with van der Waals surface area (Å²) in [5.74, 6) is 0.627. The summed E-state index contributed by atoms with van der Waals surface area (Å²) < 4.78 is 1.88. The van der Waals surface area contributed by atoms with Crippen LogP contribution in [0, 0.1) is 0 Å². The van der Waals surface area contributed by atoms with E-state index < -0.39 is 0 Å². The van der Waals surface area contributed by atoms with Crippen LogP contribution in [-0.4, -0.2) is 54.5 Å². The monoisotopic (exact) mass is 349 g/mol. The molecule has 0 fully saturated rings. The standard InChI is InChI=1S/C14H20ClN9/c1-3-23(4-2)5-6-24-8-9(7-17-24)18-14-19-12(16)10-11(15)21-22-13(10)20-14/h7-8H,3-6H2,1-2H3,(H4,16,18,19,20,21,22). The van der Waals surface area contributed by atoms with Gasteiger partial charge in [0.05, 0.1) is 18.4 Å². The Morgan fingerprint density at radius 3 is 2.88 bits per heavy atom. The van der Waals surface area contributed by atoms with Crippen LogP contribution in [0.5, 0.6) is 0 Å². The van der Waals surface area contributed by atoms with Crippen LogP contribution >= 0.6 is 11.6 Å². The van der Waals surface area contributed by atoms with E-state index in [0.717, 1.165) is 31.9 Å². The molecule has 3 heterocycles. The van der Waals surface area contributed by atoms with Gasteiger partial charge in [-0.1, -0.05) is 25.4 Å². The fourth-order valence-electron chi connectivity index (χ4n) is 2.43. The predicted molar refractivity (Wildman–Crippen MR) is 94.4 cm³/mol. The Bertz CT molecular complexity index is 821. The maximum absolute atomic E-state index is 5.96. The number of hydrogen-bond acceptors (Lipinski definition) is 7. The van der Waals surface area contributed by atoms with Gasteiger partial charge in [0.2, 0.25) is 5.95 Å². The molecule has 0 aliphatic rings. The van der Waals surface area contributed by atoms with Gasteiger partial charge in [-0.05, 0) is 13.1 Å². The first kappa shape index (κ1) is 16.5. The quantitative estimate of drug-likeness (QED) is 0.596. The van der Waals surface area contributed by atoms with E-state index in [4.69, 9.17) is 17.3 Å². The molecule has 0 amide bonds. The second kappa shape index (κ2) is 7.02. The minimum Gasteiger partial charge on any atom is -0.383 e. The number of aromatic amines is 1. The molecule has 0 unspecified atom stereocenters. The summed E-state index contributed by atoms with van der Waals surface area (Å²) in [7, 11) is 0. The fraction of sp³-hybridized carbons (Fsp3) is 0.429. The number of halogens is 1. The maximum Gasteiger partial charge on any atom is 0.231 e. The van der Waals surface area contributed by atoms with Crippen LogP contribution in [0.15, 0.2) is 12.4 Å². The van der Waals surface area contributed by atoms with Gasteiger partial charge in [-0.3, -0.25) is 9.78 Å². The Morgan fingerprint density at radius 2 is 2.12 bits per heavy atom. The Morgan fingerprint density at radius 1 is 1.33 bits per heavy atom. The second-order valence-electron chi connectivity index (χ2n) is 5.31. The molecule has 3 rings (SSSR count). The Hall–Kier alpha value is -2.39. The van der Waals surface area contributed by atoms with E-state index in [1.807, 2.05) is 10.9 Å². The molecule has 0 saturated heterocycles. The van der Waals surface area contributed by atoms with Gasteiger partial charge in [0.1, 0.15) is 16.4 Å². The van der Waals surface area contributed by atoms with Crippen LogP contribution in [-0.2, 0) is 6.54 Å². The number of rotatable bonds is 7. The molecule has 0 spiro atoms. The molecular formula is C14H20ClN9. The maximum atomic E-state index is 5.96. The molecule has 3 aromatic rings. The zero-order valence-corrected chi connectivity index (χ0v) is 14.4. The lowest BCUT2D eigenvalue weighted by Gasteiger charge is -2.17. The zero-order valence-electron chi connectivity index (χ0n) is 13.6. The van der Waals surface area contributed by atoms with Crippen molar-refractivity contribution in [3.8, 4) is 0 Å². The molecular weight excluding hydrogens is 330 g/mol. The van der Waals surface area contributed by atoms with Gasteiger partial charge < -0.3 is 16.0 Å². The predicted octanol–water partition coefficient (Wildman–Crippen LogP) is 1.87. The van der Waals surface area contributed by atoms with E-state index in [-0.39, 0.29) is 5.82 Å². The molecule has 0 aliphatic carbocycles. The lowest BCUT2D eigenvalue weighted by atomic mass is 10.4. The fourth-order valence-corrected chi connectivity index (χ4v) is 2.66. The van der Waals surface area contributed by atoms with E-state index in [1.165, 1.54) is 0 Å². The highest BCUT2D eigenvalue weighted by atomic mass is 35.5. The third kappa shape index (κ3) is 3.41. The minimum atomic E-state index is 0.273. The van der Waals surface area contributed by atoms with E-state index >= 15 is 0 Å². The smallest absolute Gasteiger partial charge is 0.231 e. The Labute approximate surface area is 144 Å². The van der Waals surface area contributed by atoms with Crippen LogP contribution in [0.3, 0.4) is 0 Å². The number of likely N-dealkylation sites (N-methyl/N-ethyl adjacent to an activating group) is 1. The van der Waals surface area contributed by atoms with Crippen molar-refractivity contribution in [2.45, 2.75) is 20.4 Å². The first-order chi connectivity index (χ1) is 11.6. The summed E-state index contributed by atoms with van der Waals surface area (Å²) in [5.41, 5.74) is 7.12. The normalized spacial score (nSPS) is 11.5. The van der Waals surface area contributed by atoms with Crippen LogP contribution < -0.4 is 11.1 Å². The molecule has 9 nitrogen and oxygen atoms in total. The van der Waals surface area contributed by atoms with E-state index in [2.05, 4.69) is 49.3 Å². The average Bonchev–Trinajstić information content (AvgIpc) is 3.15. The molecule has 3 aromatic heterocycles. The number of H-pyrrole nitrogens is 1. The SMILES string of the molecule is CCN(CC)CCn1cc(Nc2nc(N)c3c(Cl)[nH]nc3n2)cn1. The van der Waals surface area contributed by atoms with Gasteiger partial charge in [-0.15, -0.1) is 0 Å². The van der Waals surface area contributed by atoms with Crippen molar-refractivity contribution in [3.63, 3.8) is 0 Å². The molecule has 0 atom stereocenters. The summed E-state index contributed by atoms with van der Waals surface area (Å²) >= 11 is 5.96. The highest BCUT2D eigenvalue weighted by Gasteiger charge is 2.12. The van der Waals surface area contributed by atoms with E-state index in [0.29, 0.717) is 22.1 Å². The summed E-state index contributed by atoms with van der Waals surface area (Å²) in [6.07, 6.45) is 3.63. The lowest BCUT2D eigenvalue weighted by Crippen LogP contribution is -2.27. The molecule has 128 valence electrons. The van der Waals surface area contributed by atoms with Crippen molar-refractivity contribution in [3.05, 3.63) is 17.5 Å². The highest BCUT2D eigenvalue weighted by molar-refractivity contribution is 6.35. The Kier molecular flexibility index (Phi) is 4.81. The molecule has 24 heavy (non-hydrogen) atoms. The minimum absolute atomic E-state index is 0.273. The van der Waals surface area contributed by atoms with Gasteiger partial charge in [-0.2, -0.15) is 20.2 Å². The number of aromatic nitrogens is 6. The van der Waals surface area contributed by atoms with Crippen LogP contribution in [0.25, 0.3) is 11.0 Å². The van der Waals surface area contributed by atoms with Gasteiger partial charge in [0.25, 0.3) is 0 Å². The third-order valence-electron chi connectivity index (χ3n) is 3.83. The Balaban J connectivity index is 1.70. The molecule has 0 aliphatic heterocycles. The number of nitrogens with one attached hydrogen (secondary N) is 2. The van der Waals surface area contributed by atoms with E-state index in [1.54, 1.807) is 6.20 Å². The van der Waals surface area contributed by atoms with Crippen molar-refractivity contribution >= 4 is 40.1 Å². The molecule has 0 saturated carbocycles. The van der Waals surface area contributed by atoms with Crippen molar-refractivity contribution in [1.29, 1.82) is 0 Å². The van der Waals surface area contributed by atoms with Gasteiger partial charge in [-0.25, -0.2) is 0 Å². The molecule has 10 heteroatoms. The van der Waals surface area contributed by atoms with Crippen molar-refractivity contribution in [1.82, 2.24) is 34.8 Å². The first-order valence-corrected chi connectivity index (χ1v) is 8.17. The molecule has 0 radical (unpaired) electrons. The van der Waals surface area contributed by atoms with Crippen molar-refractivity contribution < 1.29 is 0 Å². The summed E-state index contributed by atoms with van der Waals surface area (Å²) in [4.78, 5) is 10.8. The first-order valence-electron chi connectivity index (χ1n) is 7.79. The highest BCUT2D eigenvalue weighted by Crippen LogP contribution is 2.25. The number of fused-ring (bicyclic) bond motifs is 1. The zero-order chi connectivity index (χ0) is 17.1. The van der Waals surface area contributed by atoms with Crippen LogP contribution in [0.4, 0.5) is 17.5 Å². The summed E-state index contributed by atoms with van der Waals surface area (Å²) in [5, 5.41) is 14.9. The topological polar surface area (TPSA) is 114 Å². The molecule has 0 aromatic carbocycles. The average molecular weight is 350 g/mol. The van der Waals surface area contributed by atoms with Crippen molar-refractivity contribution in [2.24, 2.45) is 0 Å². The van der Waals surface area contributed by atoms with E-state index in [9.17, 15) is 0 Å². The van der Waals surface area contributed by atoms with Crippen LogP contribution in [0.2, 0.25) is 5.15 Å². The number of nitrogens with two attached hydrogens (primary N) is 1. The number of hydrogen-bond donors (Lipinski definition) is 3. The molecule has 0 bridgehead atoms. The van der Waals surface area contributed by atoms with Crippen LogP contribution in [0.1, 0.15) is 13.8 Å². The molecule has 4 N–H and O–H groups in total. The van der Waals surface area contributed by atoms with Gasteiger partial charge in [0.15, 0.2) is 5.65 Å². The van der Waals surface area contributed by atoms with Crippen molar-refractivity contribution in [2.75, 3.05) is 30.7 Å².